The van der Waals surface area contributed by atoms with Crippen LogP contribution < -0.4 is 0 Å². The number of hydrogen-bond donors (Lipinski definition) is 2. The smallest absolute Gasteiger partial charge is 0.176 e. The molecule has 0 radical (unpaired) electrons. The Bertz CT molecular complexity index is 532. The Morgan fingerprint density at radius 1 is 1.29 bits per heavy atom. The molecule has 0 bridgehead atoms. The molecule has 0 unspecified atom stereocenters. The van der Waals surface area contributed by atoms with Gasteiger partial charge in [-0.3, -0.25) is 0 Å². The Kier molecular flexibility index (Phi) is 4.67. The number of H-pyrrole nitrogens is 1. The van der Waals surface area contributed by atoms with Gasteiger partial charge in [-0.1, -0.05) is 19.3 Å². The largest absolute Gasteiger partial charge is 0.389 e. The fraction of sp³-hybridized carbons (Fsp3) is 0.600. The highest BCUT2D eigenvalue weighted by atomic mass is 16.5. The number of aliphatic hydroxyl groups is 1. The number of rotatable bonds is 6. The van der Waals surface area contributed by atoms with E-state index >= 15 is 0 Å². The molecule has 114 valence electrons. The van der Waals surface area contributed by atoms with Gasteiger partial charge in [0, 0.05) is 24.8 Å². The molecule has 1 fully saturated rings. The van der Waals surface area contributed by atoms with Crippen molar-refractivity contribution in [1.29, 1.82) is 0 Å². The molecule has 0 spiro atoms. The van der Waals surface area contributed by atoms with Crippen molar-refractivity contribution >= 4 is 0 Å². The van der Waals surface area contributed by atoms with E-state index in [9.17, 15) is 5.11 Å². The standard InChI is InChI=1S/C15H22N4O2/c20-12(11-21-13-4-2-1-3-5-13)10-19-9-8-18-15(19)14-16-6-7-17-14/h6-9,12-13,20H,1-5,10-11H2,(H,16,17)/t12-/m0/s1. The average molecular weight is 290 g/mol. The third kappa shape index (κ3) is 3.71. The van der Waals surface area contributed by atoms with E-state index in [0.29, 0.717) is 25.1 Å². The lowest BCUT2D eigenvalue weighted by atomic mass is 9.98. The molecule has 1 atom stereocenters. The van der Waals surface area contributed by atoms with Crippen LogP contribution in [0.2, 0.25) is 0 Å². The van der Waals surface area contributed by atoms with Crippen molar-refractivity contribution in [3.63, 3.8) is 0 Å². The summed E-state index contributed by atoms with van der Waals surface area (Å²) >= 11 is 0. The van der Waals surface area contributed by atoms with Crippen molar-refractivity contribution in [2.75, 3.05) is 6.61 Å². The van der Waals surface area contributed by atoms with Crippen molar-refractivity contribution in [2.45, 2.75) is 50.9 Å². The number of ether oxygens (including phenoxy) is 1. The van der Waals surface area contributed by atoms with E-state index in [1.54, 1.807) is 18.6 Å². The van der Waals surface area contributed by atoms with E-state index in [0.717, 1.165) is 18.7 Å². The van der Waals surface area contributed by atoms with Gasteiger partial charge in [-0.05, 0) is 12.8 Å². The Labute approximate surface area is 124 Å². The summed E-state index contributed by atoms with van der Waals surface area (Å²) in [6, 6.07) is 0. The number of hydrogen-bond acceptors (Lipinski definition) is 4. The molecular formula is C15H22N4O2. The first-order valence-electron chi connectivity index (χ1n) is 7.63. The number of imidazole rings is 2. The Morgan fingerprint density at radius 2 is 2.14 bits per heavy atom. The average Bonchev–Trinajstić information content (AvgIpc) is 3.17. The molecule has 0 amide bonds. The fourth-order valence-corrected chi connectivity index (χ4v) is 2.82. The lowest BCUT2D eigenvalue weighted by molar-refractivity contribution is -0.0282. The lowest BCUT2D eigenvalue weighted by Crippen LogP contribution is -2.27. The molecule has 0 aromatic carbocycles. The maximum Gasteiger partial charge on any atom is 0.176 e. The number of nitrogens with zero attached hydrogens (tertiary/aromatic N) is 3. The van der Waals surface area contributed by atoms with Gasteiger partial charge in [0.2, 0.25) is 0 Å². The van der Waals surface area contributed by atoms with E-state index in [1.165, 1.54) is 19.3 Å². The molecule has 1 saturated carbocycles. The van der Waals surface area contributed by atoms with Gasteiger partial charge in [0.15, 0.2) is 11.6 Å². The zero-order valence-corrected chi connectivity index (χ0v) is 12.1. The topological polar surface area (TPSA) is 76.0 Å². The molecule has 2 aromatic heterocycles. The van der Waals surface area contributed by atoms with Crippen molar-refractivity contribution in [3.05, 3.63) is 24.8 Å². The van der Waals surface area contributed by atoms with Gasteiger partial charge in [0.1, 0.15) is 0 Å². The van der Waals surface area contributed by atoms with Crippen LogP contribution in [-0.2, 0) is 11.3 Å². The van der Waals surface area contributed by atoms with E-state index in [2.05, 4.69) is 15.0 Å². The van der Waals surface area contributed by atoms with Gasteiger partial charge in [0.25, 0.3) is 0 Å². The van der Waals surface area contributed by atoms with Gasteiger partial charge in [-0.25, -0.2) is 9.97 Å². The number of aromatic amines is 1. The molecule has 2 N–H and O–H groups in total. The van der Waals surface area contributed by atoms with Gasteiger partial charge in [-0.15, -0.1) is 0 Å². The van der Waals surface area contributed by atoms with Crippen molar-refractivity contribution in [1.82, 2.24) is 19.5 Å². The van der Waals surface area contributed by atoms with E-state index < -0.39 is 6.10 Å². The number of aromatic nitrogens is 4. The van der Waals surface area contributed by atoms with E-state index in [-0.39, 0.29) is 0 Å². The van der Waals surface area contributed by atoms with Gasteiger partial charge in [0.05, 0.1) is 25.4 Å². The predicted molar refractivity (Wildman–Crippen MR) is 78.6 cm³/mol. The highest BCUT2D eigenvalue weighted by molar-refractivity contribution is 5.43. The molecule has 6 heteroatoms. The summed E-state index contributed by atoms with van der Waals surface area (Å²) in [7, 11) is 0. The molecule has 2 aromatic rings. The zero-order valence-electron chi connectivity index (χ0n) is 12.1. The molecule has 0 saturated heterocycles. The molecule has 3 rings (SSSR count). The third-order valence-corrected chi connectivity index (χ3v) is 3.91. The maximum atomic E-state index is 10.2. The highest BCUT2D eigenvalue weighted by Crippen LogP contribution is 2.20. The Hall–Kier alpha value is -1.66. The minimum Gasteiger partial charge on any atom is -0.389 e. The molecular weight excluding hydrogens is 268 g/mol. The monoisotopic (exact) mass is 290 g/mol. The molecule has 1 aliphatic carbocycles. The van der Waals surface area contributed by atoms with Crippen LogP contribution >= 0.6 is 0 Å². The SMILES string of the molecule is O[C@H](COC1CCCCC1)Cn1ccnc1-c1ncc[nH]1. The first-order chi connectivity index (χ1) is 10.3. The molecule has 6 nitrogen and oxygen atoms in total. The second kappa shape index (κ2) is 6.87. The van der Waals surface area contributed by atoms with E-state index in [4.69, 9.17) is 4.74 Å². The summed E-state index contributed by atoms with van der Waals surface area (Å²) in [5, 5.41) is 10.2. The van der Waals surface area contributed by atoms with Crippen LogP contribution in [0.4, 0.5) is 0 Å². The second-order valence-corrected chi connectivity index (χ2v) is 5.59. The first kappa shape index (κ1) is 14.3. The summed E-state index contributed by atoms with van der Waals surface area (Å²) in [6.45, 7) is 0.837. The quantitative estimate of drug-likeness (QED) is 0.853. The van der Waals surface area contributed by atoms with Crippen LogP contribution in [0.3, 0.4) is 0 Å². The highest BCUT2D eigenvalue weighted by Gasteiger charge is 2.17. The summed E-state index contributed by atoms with van der Waals surface area (Å²) in [6.07, 6.45) is 12.8. The summed E-state index contributed by atoms with van der Waals surface area (Å²) in [5.41, 5.74) is 0. The van der Waals surface area contributed by atoms with Crippen LogP contribution in [-0.4, -0.2) is 43.4 Å². The third-order valence-electron chi connectivity index (χ3n) is 3.91. The zero-order chi connectivity index (χ0) is 14.5. The van der Waals surface area contributed by atoms with Gasteiger partial charge in [-0.2, -0.15) is 0 Å². The van der Waals surface area contributed by atoms with Crippen molar-refractivity contribution in [2.24, 2.45) is 0 Å². The van der Waals surface area contributed by atoms with Crippen molar-refractivity contribution in [3.8, 4) is 11.6 Å². The van der Waals surface area contributed by atoms with Crippen LogP contribution in [0.1, 0.15) is 32.1 Å². The normalized spacial score (nSPS) is 18.0. The Morgan fingerprint density at radius 3 is 2.90 bits per heavy atom. The number of nitrogens with one attached hydrogen (secondary N) is 1. The van der Waals surface area contributed by atoms with Crippen molar-refractivity contribution < 1.29 is 9.84 Å². The summed E-state index contributed by atoms with van der Waals surface area (Å²) in [4.78, 5) is 11.5. The maximum absolute atomic E-state index is 10.2. The predicted octanol–water partition coefficient (Wildman–Crippen LogP) is 1.98. The second-order valence-electron chi connectivity index (χ2n) is 5.59. The van der Waals surface area contributed by atoms with Crippen LogP contribution in [0, 0.1) is 0 Å². The van der Waals surface area contributed by atoms with Gasteiger partial charge < -0.3 is 19.4 Å². The van der Waals surface area contributed by atoms with E-state index in [1.807, 2.05) is 10.8 Å². The minimum atomic E-state index is -0.533. The molecule has 0 aliphatic heterocycles. The first-order valence-corrected chi connectivity index (χ1v) is 7.63. The fourth-order valence-electron chi connectivity index (χ4n) is 2.82. The minimum absolute atomic E-state index is 0.320. The van der Waals surface area contributed by atoms with Gasteiger partial charge >= 0.3 is 0 Å². The summed E-state index contributed by atoms with van der Waals surface area (Å²) < 4.78 is 7.71. The molecule has 21 heavy (non-hydrogen) atoms. The molecule has 1 aliphatic rings. The molecule has 2 heterocycles. The van der Waals surface area contributed by atoms with Crippen LogP contribution in [0.25, 0.3) is 11.6 Å². The van der Waals surface area contributed by atoms with Crippen LogP contribution in [0.5, 0.6) is 0 Å². The Balaban J connectivity index is 1.53. The van der Waals surface area contributed by atoms with Crippen LogP contribution in [0.15, 0.2) is 24.8 Å². The lowest BCUT2D eigenvalue weighted by Gasteiger charge is -2.23. The summed E-state index contributed by atoms with van der Waals surface area (Å²) in [5.74, 6) is 1.44. The number of aliphatic hydroxyl groups excluding tert-OH is 1.